The summed E-state index contributed by atoms with van der Waals surface area (Å²) in [7, 11) is 0. The molecule has 16 heteroatoms. The lowest BCUT2D eigenvalue weighted by Gasteiger charge is -2.31. The first-order valence-corrected chi connectivity index (χ1v) is 18.7. The Bertz CT molecular complexity index is 1360. The molecule has 0 radical (unpaired) electrons. The molecule has 0 fully saturated rings. The second-order valence-corrected chi connectivity index (χ2v) is 14.7. The second-order valence-electron chi connectivity index (χ2n) is 14.7. The summed E-state index contributed by atoms with van der Waals surface area (Å²) in [6.45, 7) is 26.2. The average molecular weight is 833 g/mol. The summed E-state index contributed by atoms with van der Waals surface area (Å²) in [5, 5.41) is 0. The molecule has 0 aliphatic rings. The number of rotatable bonds is 30. The third kappa shape index (κ3) is 22.7. The lowest BCUT2D eigenvalue weighted by atomic mass is 9.92. The molecule has 0 aromatic heterocycles. The SMILES string of the molecule is C=C(C)C(=O)OCC(COC(=O)CCCCCCCC(=O)OCC(COC(=O)C(=C)C)(COC(=O)C(=C)C)COC(=O)C(=C)C)(COC(=O)C(=C)C)COC(=O)C(=C)C. The van der Waals surface area contributed by atoms with Gasteiger partial charge in [-0.25, -0.2) is 28.8 Å². The fourth-order valence-electron chi connectivity index (χ4n) is 4.23. The summed E-state index contributed by atoms with van der Waals surface area (Å²) in [4.78, 5) is 98.8. The van der Waals surface area contributed by atoms with Gasteiger partial charge in [0.25, 0.3) is 0 Å². The van der Waals surface area contributed by atoms with Gasteiger partial charge < -0.3 is 37.9 Å². The zero-order valence-corrected chi connectivity index (χ0v) is 35.4. The molecule has 0 unspecified atom stereocenters. The highest BCUT2D eigenvalue weighted by Crippen LogP contribution is 2.25. The first-order chi connectivity index (χ1) is 27.5. The summed E-state index contributed by atoms with van der Waals surface area (Å²) in [6, 6.07) is 0. The van der Waals surface area contributed by atoms with Crippen LogP contribution in [-0.2, 0) is 76.3 Å². The van der Waals surface area contributed by atoms with Gasteiger partial charge in [0.15, 0.2) is 0 Å². The standard InChI is InChI=1S/C43H60O16/c1-28(2)36(46)54-22-42(23-55-37(47)29(3)4,24-56-38(48)30(5)6)20-52-34(44)18-16-14-13-15-17-19-35(45)53-21-43(25-57-39(49)31(7)8,26-58-40(50)32(9)10)27-59-41(51)33(11)12/h1,3,5,7,9,11,13-27H2,2,4,6,8,10,12H3. The molecule has 0 rings (SSSR count). The molecule has 328 valence electrons. The van der Waals surface area contributed by atoms with Crippen molar-refractivity contribution in [2.24, 2.45) is 10.8 Å². The summed E-state index contributed by atoms with van der Waals surface area (Å²) in [5.74, 6) is -5.78. The smallest absolute Gasteiger partial charge is 0.333 e. The topological polar surface area (TPSA) is 210 Å². The molecule has 0 spiro atoms. The van der Waals surface area contributed by atoms with Gasteiger partial charge in [-0.1, -0.05) is 58.7 Å². The Hall–Kier alpha value is -5.80. The molecule has 0 amide bonds. The lowest BCUT2D eigenvalue weighted by Crippen LogP contribution is -2.44. The van der Waals surface area contributed by atoms with Crippen LogP contribution in [-0.4, -0.2) is 101 Å². The first kappa shape index (κ1) is 53.2. The Kier molecular flexibility index (Phi) is 24.3. The van der Waals surface area contributed by atoms with Crippen LogP contribution in [0.4, 0.5) is 0 Å². The molecular weight excluding hydrogens is 772 g/mol. The number of ether oxygens (including phenoxy) is 8. The number of unbranched alkanes of at least 4 members (excludes halogenated alkanes) is 4. The van der Waals surface area contributed by atoms with Crippen molar-refractivity contribution in [2.75, 3.05) is 52.9 Å². The van der Waals surface area contributed by atoms with E-state index in [1.807, 2.05) is 0 Å². The van der Waals surface area contributed by atoms with Crippen molar-refractivity contribution in [2.45, 2.75) is 86.5 Å². The third-order valence-corrected chi connectivity index (χ3v) is 7.99. The monoisotopic (exact) mass is 832 g/mol. The van der Waals surface area contributed by atoms with E-state index < -0.39 is 111 Å². The van der Waals surface area contributed by atoms with Crippen LogP contribution in [0.3, 0.4) is 0 Å². The molecule has 0 bridgehead atoms. The number of carbonyl (C=O) groups is 8. The van der Waals surface area contributed by atoms with E-state index in [0.717, 1.165) is 0 Å². The van der Waals surface area contributed by atoms with Crippen molar-refractivity contribution in [3.63, 3.8) is 0 Å². The van der Waals surface area contributed by atoms with Gasteiger partial charge in [0.05, 0.1) is 0 Å². The Balaban J connectivity index is 5.37. The maximum absolute atomic E-state index is 12.8. The zero-order chi connectivity index (χ0) is 45.3. The predicted octanol–water partition coefficient (Wildman–Crippen LogP) is 5.49. The Morgan fingerprint density at radius 2 is 0.475 bits per heavy atom. The highest BCUT2D eigenvalue weighted by molar-refractivity contribution is 5.89. The molecule has 59 heavy (non-hydrogen) atoms. The number of carbonyl (C=O) groups excluding carboxylic acids is 8. The van der Waals surface area contributed by atoms with Crippen LogP contribution >= 0.6 is 0 Å². The summed E-state index contributed by atoms with van der Waals surface area (Å²) >= 11 is 0. The third-order valence-electron chi connectivity index (χ3n) is 7.99. The molecule has 16 nitrogen and oxygen atoms in total. The quantitative estimate of drug-likeness (QED) is 0.0379. The average Bonchev–Trinajstić information content (AvgIpc) is 3.17. The minimum absolute atomic E-state index is 0.00468. The normalized spacial score (nSPS) is 10.8. The van der Waals surface area contributed by atoms with E-state index in [-0.39, 0.29) is 46.3 Å². The van der Waals surface area contributed by atoms with Gasteiger partial charge in [0, 0.05) is 46.3 Å². The van der Waals surface area contributed by atoms with Crippen LogP contribution < -0.4 is 0 Å². The highest BCUT2D eigenvalue weighted by atomic mass is 16.6. The van der Waals surface area contributed by atoms with Crippen LogP contribution in [0.15, 0.2) is 72.9 Å². The Morgan fingerprint density at radius 1 is 0.305 bits per heavy atom. The maximum Gasteiger partial charge on any atom is 0.333 e. The van der Waals surface area contributed by atoms with E-state index in [2.05, 4.69) is 39.5 Å². The van der Waals surface area contributed by atoms with Crippen LogP contribution in [0.5, 0.6) is 0 Å². The first-order valence-electron chi connectivity index (χ1n) is 18.7. The molecule has 0 aromatic rings. The van der Waals surface area contributed by atoms with Crippen molar-refractivity contribution in [3.05, 3.63) is 72.9 Å². The summed E-state index contributed by atoms with van der Waals surface area (Å²) < 4.78 is 42.8. The second kappa shape index (κ2) is 27.0. The fraction of sp³-hybridized carbons (Fsp3) is 0.535. The number of esters is 8. The molecule has 0 aliphatic carbocycles. The van der Waals surface area contributed by atoms with Gasteiger partial charge >= 0.3 is 47.8 Å². The lowest BCUT2D eigenvalue weighted by molar-refractivity contribution is -0.170. The van der Waals surface area contributed by atoms with Crippen LogP contribution in [0, 0.1) is 10.8 Å². The molecule has 0 aliphatic heterocycles. The van der Waals surface area contributed by atoms with Crippen molar-refractivity contribution >= 4 is 47.8 Å². The van der Waals surface area contributed by atoms with Gasteiger partial charge in [-0.3, -0.25) is 9.59 Å². The minimum Gasteiger partial charge on any atom is -0.465 e. The molecule has 0 atom stereocenters. The fourth-order valence-corrected chi connectivity index (χ4v) is 4.23. The molecule has 0 saturated carbocycles. The van der Waals surface area contributed by atoms with Crippen LogP contribution in [0.2, 0.25) is 0 Å². The Labute approximate surface area is 346 Å². The molecular formula is C43H60O16. The molecule has 0 heterocycles. The maximum atomic E-state index is 12.8. The molecule has 0 saturated heterocycles. The van der Waals surface area contributed by atoms with E-state index in [1.165, 1.54) is 41.5 Å². The van der Waals surface area contributed by atoms with Gasteiger partial charge in [-0.15, -0.1) is 0 Å². The van der Waals surface area contributed by atoms with E-state index in [4.69, 9.17) is 37.9 Å². The van der Waals surface area contributed by atoms with E-state index in [9.17, 15) is 38.4 Å². The summed E-state index contributed by atoms with van der Waals surface area (Å²) in [6.07, 6.45) is 2.69. The number of hydrogen-bond donors (Lipinski definition) is 0. The molecule has 0 N–H and O–H groups in total. The highest BCUT2D eigenvalue weighted by Gasteiger charge is 2.39. The van der Waals surface area contributed by atoms with E-state index in [0.29, 0.717) is 32.1 Å². The summed E-state index contributed by atoms with van der Waals surface area (Å²) in [5.41, 5.74) is -2.41. The van der Waals surface area contributed by atoms with Gasteiger partial charge in [0.2, 0.25) is 0 Å². The predicted molar refractivity (Wildman–Crippen MR) is 214 cm³/mol. The Morgan fingerprint density at radius 3 is 0.661 bits per heavy atom. The van der Waals surface area contributed by atoms with Crippen LogP contribution in [0.1, 0.15) is 86.5 Å². The van der Waals surface area contributed by atoms with Gasteiger partial charge in [0.1, 0.15) is 63.7 Å². The van der Waals surface area contributed by atoms with Crippen LogP contribution in [0.25, 0.3) is 0 Å². The largest absolute Gasteiger partial charge is 0.465 e. The van der Waals surface area contributed by atoms with Crippen molar-refractivity contribution in [1.82, 2.24) is 0 Å². The molecule has 0 aromatic carbocycles. The van der Waals surface area contributed by atoms with E-state index >= 15 is 0 Å². The van der Waals surface area contributed by atoms with Gasteiger partial charge in [-0.2, -0.15) is 0 Å². The van der Waals surface area contributed by atoms with Crippen molar-refractivity contribution in [1.29, 1.82) is 0 Å². The van der Waals surface area contributed by atoms with E-state index in [1.54, 1.807) is 0 Å². The zero-order valence-electron chi connectivity index (χ0n) is 35.4. The van der Waals surface area contributed by atoms with Crippen molar-refractivity contribution < 1.29 is 76.3 Å². The van der Waals surface area contributed by atoms with Gasteiger partial charge in [-0.05, 0) is 54.4 Å². The number of hydrogen-bond acceptors (Lipinski definition) is 16. The minimum atomic E-state index is -1.47. The van der Waals surface area contributed by atoms with Crippen molar-refractivity contribution in [3.8, 4) is 0 Å².